The Morgan fingerprint density at radius 2 is 1.90 bits per heavy atom. The summed E-state index contributed by atoms with van der Waals surface area (Å²) in [6.07, 6.45) is 0. The maximum atomic E-state index is 14.0. The Labute approximate surface area is 124 Å². The summed E-state index contributed by atoms with van der Waals surface area (Å²) in [5, 5.41) is 3.14. The SMILES string of the molecule is COc1ccc(C(C)Nc2ccc(F)cc2Br)c(F)c1. The lowest BCUT2D eigenvalue weighted by Crippen LogP contribution is -2.09. The van der Waals surface area contributed by atoms with Crippen molar-refractivity contribution < 1.29 is 13.5 Å². The molecule has 2 aromatic rings. The number of ether oxygens (including phenoxy) is 1. The van der Waals surface area contributed by atoms with Crippen LogP contribution in [-0.2, 0) is 0 Å². The second-order valence-corrected chi connectivity index (χ2v) is 5.23. The van der Waals surface area contributed by atoms with Crippen molar-refractivity contribution in [3.05, 3.63) is 58.1 Å². The third kappa shape index (κ3) is 3.28. The number of benzene rings is 2. The van der Waals surface area contributed by atoms with Gasteiger partial charge >= 0.3 is 0 Å². The molecule has 1 unspecified atom stereocenters. The third-order valence-electron chi connectivity index (χ3n) is 2.98. The minimum absolute atomic E-state index is 0.261. The van der Waals surface area contributed by atoms with E-state index < -0.39 is 0 Å². The lowest BCUT2D eigenvalue weighted by molar-refractivity contribution is 0.410. The van der Waals surface area contributed by atoms with Gasteiger partial charge < -0.3 is 10.1 Å². The molecule has 0 saturated carbocycles. The molecule has 0 aliphatic carbocycles. The molecule has 0 aliphatic heterocycles. The second-order valence-electron chi connectivity index (χ2n) is 4.38. The van der Waals surface area contributed by atoms with E-state index in [4.69, 9.17) is 4.74 Å². The molecule has 0 spiro atoms. The zero-order chi connectivity index (χ0) is 14.7. The molecule has 106 valence electrons. The lowest BCUT2D eigenvalue weighted by atomic mass is 10.1. The minimum atomic E-state index is -0.345. The van der Waals surface area contributed by atoms with Crippen molar-refractivity contribution in [1.82, 2.24) is 0 Å². The zero-order valence-electron chi connectivity index (χ0n) is 11.1. The number of methoxy groups -OCH3 is 1. The summed E-state index contributed by atoms with van der Waals surface area (Å²) in [4.78, 5) is 0. The number of hydrogen-bond donors (Lipinski definition) is 1. The number of hydrogen-bond acceptors (Lipinski definition) is 2. The normalized spacial score (nSPS) is 12.1. The van der Waals surface area contributed by atoms with Crippen LogP contribution in [-0.4, -0.2) is 7.11 Å². The van der Waals surface area contributed by atoms with Crippen molar-refractivity contribution in [2.45, 2.75) is 13.0 Å². The second kappa shape index (κ2) is 6.22. The molecule has 20 heavy (non-hydrogen) atoms. The van der Waals surface area contributed by atoms with Gasteiger partial charge in [0.15, 0.2) is 0 Å². The van der Waals surface area contributed by atoms with Gasteiger partial charge in [-0.3, -0.25) is 0 Å². The van der Waals surface area contributed by atoms with Gasteiger partial charge in [0.25, 0.3) is 0 Å². The van der Waals surface area contributed by atoms with Gasteiger partial charge in [0.2, 0.25) is 0 Å². The Hall–Kier alpha value is -1.62. The van der Waals surface area contributed by atoms with E-state index in [-0.39, 0.29) is 17.7 Å². The van der Waals surface area contributed by atoms with Gasteiger partial charge in [0, 0.05) is 21.8 Å². The van der Waals surface area contributed by atoms with Gasteiger partial charge in [0.1, 0.15) is 17.4 Å². The van der Waals surface area contributed by atoms with Gasteiger partial charge in [-0.15, -0.1) is 0 Å². The monoisotopic (exact) mass is 341 g/mol. The molecular weight excluding hydrogens is 328 g/mol. The summed E-state index contributed by atoms with van der Waals surface area (Å²) >= 11 is 3.27. The Morgan fingerprint density at radius 1 is 1.15 bits per heavy atom. The first-order valence-corrected chi connectivity index (χ1v) is 6.85. The molecular formula is C15H14BrF2NO. The van der Waals surface area contributed by atoms with Gasteiger partial charge in [0.05, 0.1) is 13.2 Å². The highest BCUT2D eigenvalue weighted by atomic mass is 79.9. The molecule has 1 N–H and O–H groups in total. The Bertz CT molecular complexity index is 619. The van der Waals surface area contributed by atoms with Gasteiger partial charge in [-0.25, -0.2) is 8.78 Å². The van der Waals surface area contributed by atoms with Crippen LogP contribution in [0.15, 0.2) is 40.9 Å². The fraction of sp³-hybridized carbons (Fsp3) is 0.200. The van der Waals surface area contributed by atoms with E-state index in [0.717, 1.165) is 0 Å². The van der Waals surface area contributed by atoms with E-state index in [9.17, 15) is 8.78 Å². The third-order valence-corrected chi connectivity index (χ3v) is 3.63. The van der Waals surface area contributed by atoms with Crippen LogP contribution < -0.4 is 10.1 Å². The molecule has 0 aromatic heterocycles. The maximum Gasteiger partial charge on any atom is 0.132 e. The predicted molar refractivity (Wildman–Crippen MR) is 79.1 cm³/mol. The van der Waals surface area contributed by atoms with E-state index in [1.807, 2.05) is 6.92 Å². The Morgan fingerprint density at radius 3 is 2.50 bits per heavy atom. The van der Waals surface area contributed by atoms with Crippen LogP contribution in [0.25, 0.3) is 0 Å². The summed E-state index contributed by atoms with van der Waals surface area (Å²) in [5.74, 6) is -0.199. The lowest BCUT2D eigenvalue weighted by Gasteiger charge is -2.18. The fourth-order valence-electron chi connectivity index (χ4n) is 1.90. The highest BCUT2D eigenvalue weighted by Gasteiger charge is 2.13. The van der Waals surface area contributed by atoms with E-state index in [1.54, 1.807) is 18.2 Å². The number of rotatable bonds is 4. The van der Waals surface area contributed by atoms with Crippen molar-refractivity contribution in [3.63, 3.8) is 0 Å². The first-order chi connectivity index (χ1) is 9.51. The summed E-state index contributed by atoms with van der Waals surface area (Å²) in [7, 11) is 1.49. The summed E-state index contributed by atoms with van der Waals surface area (Å²) in [5.41, 5.74) is 1.22. The van der Waals surface area contributed by atoms with Crippen LogP contribution in [0, 0.1) is 11.6 Å². The molecule has 0 bridgehead atoms. The standard InChI is InChI=1S/C15H14BrF2NO/c1-9(12-5-4-11(20-2)8-14(12)18)19-15-6-3-10(17)7-13(15)16/h3-9,19H,1-2H3. The molecule has 1 atom stereocenters. The average molecular weight is 342 g/mol. The van der Waals surface area contributed by atoms with Crippen LogP contribution in [0.5, 0.6) is 5.75 Å². The van der Waals surface area contributed by atoms with E-state index >= 15 is 0 Å². The van der Waals surface area contributed by atoms with Crippen molar-refractivity contribution >= 4 is 21.6 Å². The van der Waals surface area contributed by atoms with Crippen molar-refractivity contribution in [2.75, 3.05) is 12.4 Å². The van der Waals surface area contributed by atoms with Crippen LogP contribution in [0.3, 0.4) is 0 Å². The van der Waals surface area contributed by atoms with E-state index in [1.165, 1.54) is 25.3 Å². The molecule has 0 radical (unpaired) electrons. The van der Waals surface area contributed by atoms with Crippen molar-refractivity contribution in [3.8, 4) is 5.75 Å². The van der Waals surface area contributed by atoms with E-state index in [2.05, 4.69) is 21.2 Å². The molecule has 2 nitrogen and oxygen atoms in total. The highest BCUT2D eigenvalue weighted by Crippen LogP contribution is 2.29. The first-order valence-electron chi connectivity index (χ1n) is 6.06. The molecule has 2 aromatic carbocycles. The molecule has 0 amide bonds. The number of nitrogens with one attached hydrogen (secondary N) is 1. The largest absolute Gasteiger partial charge is 0.497 e. The molecule has 0 aliphatic rings. The topological polar surface area (TPSA) is 21.3 Å². The average Bonchev–Trinajstić information content (AvgIpc) is 2.41. The van der Waals surface area contributed by atoms with Crippen LogP contribution >= 0.6 is 15.9 Å². The van der Waals surface area contributed by atoms with Gasteiger partial charge in [-0.2, -0.15) is 0 Å². The van der Waals surface area contributed by atoms with Crippen molar-refractivity contribution in [1.29, 1.82) is 0 Å². The minimum Gasteiger partial charge on any atom is -0.497 e. The molecule has 0 fully saturated rings. The summed E-state index contributed by atoms with van der Waals surface area (Å²) < 4.78 is 32.6. The van der Waals surface area contributed by atoms with Gasteiger partial charge in [-0.1, -0.05) is 6.07 Å². The smallest absolute Gasteiger partial charge is 0.132 e. The predicted octanol–water partition coefficient (Wildman–Crippen LogP) is 4.91. The molecule has 0 heterocycles. The molecule has 0 saturated heterocycles. The fourth-order valence-corrected chi connectivity index (χ4v) is 2.37. The quantitative estimate of drug-likeness (QED) is 0.853. The van der Waals surface area contributed by atoms with Crippen LogP contribution in [0.2, 0.25) is 0 Å². The molecule has 2 rings (SSSR count). The zero-order valence-corrected chi connectivity index (χ0v) is 12.7. The number of halogens is 3. The van der Waals surface area contributed by atoms with Crippen molar-refractivity contribution in [2.24, 2.45) is 0 Å². The van der Waals surface area contributed by atoms with E-state index in [0.29, 0.717) is 21.5 Å². The first kappa shape index (κ1) is 14.8. The highest BCUT2D eigenvalue weighted by molar-refractivity contribution is 9.10. The Kier molecular flexibility index (Phi) is 4.60. The van der Waals surface area contributed by atoms with Gasteiger partial charge in [-0.05, 0) is 47.1 Å². The maximum absolute atomic E-state index is 14.0. The van der Waals surface area contributed by atoms with Crippen LogP contribution in [0.4, 0.5) is 14.5 Å². The summed E-state index contributed by atoms with van der Waals surface area (Å²) in [6.45, 7) is 1.83. The Balaban J connectivity index is 2.21. The van der Waals surface area contributed by atoms with Crippen LogP contribution in [0.1, 0.15) is 18.5 Å². The number of anilines is 1. The molecule has 5 heteroatoms. The summed E-state index contributed by atoms with van der Waals surface area (Å²) in [6, 6.07) is 8.77.